The van der Waals surface area contributed by atoms with E-state index >= 15 is 0 Å². The molecule has 17 heteroatoms. The van der Waals surface area contributed by atoms with Crippen LogP contribution in [0.2, 0.25) is 0 Å². The number of thiazole rings is 1. The average molecular weight is 833 g/mol. The lowest BCUT2D eigenvalue weighted by Crippen LogP contribution is -2.58. The van der Waals surface area contributed by atoms with Crippen LogP contribution in [0.4, 0.5) is 0 Å². The summed E-state index contributed by atoms with van der Waals surface area (Å²) < 4.78 is 51.1. The number of nitrogens with zero attached hydrogens (tertiary/aromatic N) is 2. The lowest BCUT2D eigenvalue weighted by molar-refractivity contribution is -0.144. The van der Waals surface area contributed by atoms with Gasteiger partial charge >= 0.3 is 0 Å². The van der Waals surface area contributed by atoms with Crippen LogP contribution in [0.15, 0.2) is 58.9 Å². The molecule has 1 saturated heterocycles. The molecule has 2 unspecified atom stereocenters. The van der Waals surface area contributed by atoms with E-state index in [0.29, 0.717) is 6.61 Å². The number of likely N-dealkylation sites (tertiary alicyclic amines) is 1. The number of aliphatic hydroxyl groups is 1. The Morgan fingerprint density at radius 3 is 2.02 bits per heavy atom. The Hall–Kier alpha value is -3.81. The first kappa shape index (κ1) is 45.9. The summed E-state index contributed by atoms with van der Waals surface area (Å²) in [4.78, 5) is 47.2. The summed E-state index contributed by atoms with van der Waals surface area (Å²) in [5, 5.41) is 16.3. The third-order valence-corrected chi connectivity index (χ3v) is 11.5. The van der Waals surface area contributed by atoms with Crippen molar-refractivity contribution in [2.75, 3.05) is 66.0 Å². The fraction of sp³-hybridized carbons (Fsp3) is 0.550. The number of hydrogen-bond donors (Lipinski definition) is 3. The van der Waals surface area contributed by atoms with Crippen LogP contribution in [0.25, 0.3) is 10.4 Å². The van der Waals surface area contributed by atoms with E-state index in [4.69, 9.17) is 23.1 Å². The van der Waals surface area contributed by atoms with Crippen LogP contribution < -0.4 is 10.6 Å². The molecule has 3 aromatic rings. The summed E-state index contributed by atoms with van der Waals surface area (Å²) in [5.41, 5.74) is 4.93. The quantitative estimate of drug-likeness (QED) is 0.0987. The number of nitrogens with one attached hydrogen (secondary N) is 2. The number of ether oxygens (including phenoxy) is 4. The molecule has 3 N–H and O–H groups in total. The molecule has 1 aliphatic heterocycles. The molecule has 0 spiro atoms. The molecule has 2 aromatic carbocycles. The SMILES string of the molecule is Cc1ccc(S(=O)(=O)OCCOCCOCCOCCOCC(=O)NC(C(=O)N2C[C@H](O)C[C@H]2C(=O)NC(C)c2ccc(-c3scnc3C)cc2)C(C)(C)C)cc1. The molecule has 15 nitrogen and oxygen atoms in total. The largest absolute Gasteiger partial charge is 0.391 e. The Morgan fingerprint density at radius 1 is 0.877 bits per heavy atom. The second-order valence-electron chi connectivity index (χ2n) is 14.9. The first-order valence-electron chi connectivity index (χ1n) is 18.9. The number of amides is 3. The lowest BCUT2D eigenvalue weighted by Gasteiger charge is -2.35. The Bertz CT molecular complexity index is 1850. The molecule has 0 aliphatic carbocycles. The molecule has 1 fully saturated rings. The number of aryl methyl sites for hydroxylation is 2. The highest BCUT2D eigenvalue weighted by Gasteiger charge is 2.44. The molecule has 3 amide bonds. The Morgan fingerprint density at radius 2 is 1.46 bits per heavy atom. The second-order valence-corrected chi connectivity index (χ2v) is 17.3. The number of carbonyl (C=O) groups excluding carboxylic acids is 3. The van der Waals surface area contributed by atoms with Crippen molar-refractivity contribution in [3.63, 3.8) is 0 Å². The van der Waals surface area contributed by atoms with Gasteiger partial charge in [0.25, 0.3) is 10.1 Å². The van der Waals surface area contributed by atoms with Gasteiger partial charge in [-0.3, -0.25) is 18.6 Å². The van der Waals surface area contributed by atoms with E-state index in [2.05, 4.69) is 15.6 Å². The minimum absolute atomic E-state index is 0.0302. The van der Waals surface area contributed by atoms with E-state index in [-0.39, 0.29) is 82.7 Å². The van der Waals surface area contributed by atoms with Crippen LogP contribution >= 0.6 is 11.3 Å². The molecule has 57 heavy (non-hydrogen) atoms. The minimum atomic E-state index is -3.83. The molecule has 0 radical (unpaired) electrons. The van der Waals surface area contributed by atoms with Gasteiger partial charge in [0.1, 0.15) is 18.7 Å². The van der Waals surface area contributed by atoms with Gasteiger partial charge in [-0.15, -0.1) is 11.3 Å². The summed E-state index contributed by atoms with van der Waals surface area (Å²) in [7, 11) is -3.83. The Kier molecular flexibility index (Phi) is 17.6. The van der Waals surface area contributed by atoms with Crippen molar-refractivity contribution in [2.24, 2.45) is 5.41 Å². The zero-order valence-corrected chi connectivity index (χ0v) is 35.2. The van der Waals surface area contributed by atoms with Gasteiger partial charge in [-0.05, 0) is 49.4 Å². The first-order valence-corrected chi connectivity index (χ1v) is 21.2. The maximum Gasteiger partial charge on any atom is 0.297 e. The van der Waals surface area contributed by atoms with Crippen LogP contribution in [0, 0.1) is 19.3 Å². The fourth-order valence-electron chi connectivity index (χ4n) is 6.02. The van der Waals surface area contributed by atoms with Gasteiger partial charge in [0.15, 0.2) is 0 Å². The van der Waals surface area contributed by atoms with Gasteiger partial charge in [0.05, 0.1) is 86.0 Å². The minimum Gasteiger partial charge on any atom is -0.391 e. The summed E-state index contributed by atoms with van der Waals surface area (Å²) >= 11 is 1.57. The molecule has 4 rings (SSSR count). The van der Waals surface area contributed by atoms with Crippen molar-refractivity contribution >= 4 is 39.2 Å². The van der Waals surface area contributed by atoms with E-state index in [9.17, 15) is 27.9 Å². The van der Waals surface area contributed by atoms with E-state index in [0.717, 1.165) is 27.3 Å². The number of aliphatic hydroxyl groups excluding tert-OH is 1. The first-order chi connectivity index (χ1) is 27.1. The number of hydrogen-bond acceptors (Lipinski definition) is 13. The third-order valence-electron chi connectivity index (χ3n) is 9.19. The van der Waals surface area contributed by atoms with Gasteiger partial charge in [-0.1, -0.05) is 62.7 Å². The normalized spacial score (nSPS) is 17.0. The molecule has 0 saturated carbocycles. The van der Waals surface area contributed by atoms with Gasteiger partial charge in [0.2, 0.25) is 17.7 Å². The number of benzene rings is 2. The van der Waals surface area contributed by atoms with Crippen LogP contribution in [-0.2, 0) is 47.6 Å². The van der Waals surface area contributed by atoms with Gasteiger partial charge in [-0.2, -0.15) is 8.42 Å². The van der Waals surface area contributed by atoms with Crippen LogP contribution in [0.3, 0.4) is 0 Å². The number of β-amino-alcohol motifs (C(OH)–C–C–N with tert-alkyl or cyclic N) is 1. The van der Waals surface area contributed by atoms with Crippen LogP contribution in [0.1, 0.15) is 57.0 Å². The van der Waals surface area contributed by atoms with Crippen molar-refractivity contribution in [2.45, 2.75) is 77.1 Å². The molecule has 1 aliphatic rings. The summed E-state index contributed by atoms with van der Waals surface area (Å²) in [6, 6.07) is 12.0. The van der Waals surface area contributed by atoms with Crippen molar-refractivity contribution in [1.29, 1.82) is 0 Å². The molecule has 314 valence electrons. The van der Waals surface area contributed by atoms with Crippen molar-refractivity contribution in [3.8, 4) is 10.4 Å². The van der Waals surface area contributed by atoms with Crippen LogP contribution in [0.5, 0.6) is 0 Å². The van der Waals surface area contributed by atoms with E-state index in [1.165, 1.54) is 17.0 Å². The van der Waals surface area contributed by atoms with Gasteiger partial charge < -0.3 is 39.6 Å². The highest BCUT2D eigenvalue weighted by molar-refractivity contribution is 7.86. The van der Waals surface area contributed by atoms with E-state index in [1.54, 1.807) is 29.0 Å². The average Bonchev–Trinajstić information content (AvgIpc) is 3.78. The van der Waals surface area contributed by atoms with Crippen molar-refractivity contribution < 1.29 is 51.0 Å². The van der Waals surface area contributed by atoms with Gasteiger partial charge in [-0.25, -0.2) is 4.98 Å². The van der Waals surface area contributed by atoms with Gasteiger partial charge in [0, 0.05) is 13.0 Å². The highest BCUT2D eigenvalue weighted by Crippen LogP contribution is 2.29. The second kappa shape index (κ2) is 21.8. The van der Waals surface area contributed by atoms with Crippen molar-refractivity contribution in [1.82, 2.24) is 20.5 Å². The molecule has 2 heterocycles. The lowest BCUT2D eigenvalue weighted by atomic mass is 9.85. The molecule has 4 atom stereocenters. The topological polar surface area (TPSA) is 192 Å². The summed E-state index contributed by atoms with van der Waals surface area (Å²) in [6.07, 6.45) is -0.803. The van der Waals surface area contributed by atoms with Crippen LogP contribution in [-0.4, -0.2) is 125 Å². The summed E-state index contributed by atoms with van der Waals surface area (Å²) in [5.74, 6) is -1.35. The predicted molar refractivity (Wildman–Crippen MR) is 214 cm³/mol. The van der Waals surface area contributed by atoms with E-state index < -0.39 is 45.5 Å². The molecule has 0 bridgehead atoms. The van der Waals surface area contributed by atoms with Crippen molar-refractivity contribution in [3.05, 3.63) is 70.9 Å². The predicted octanol–water partition coefficient (Wildman–Crippen LogP) is 3.57. The standard InChI is InChI=1S/C40H56N4O11S2/c1-27-7-13-33(14-8-27)57(49,50)55-22-21-53-18-17-51-15-16-52-19-20-54-25-35(46)43-37(40(4,5)6)39(48)44-24-32(45)23-34(44)38(47)42-28(2)30-9-11-31(12-10-30)36-29(3)41-26-56-36/h7-14,26,28,32,34,37,45H,15-25H2,1-6H3,(H,42,47)(H,43,46)/t28?,32-,34+,37?/m1/s1. The number of rotatable bonds is 22. The molecular formula is C40H56N4O11S2. The maximum atomic E-state index is 13.9. The summed E-state index contributed by atoms with van der Waals surface area (Å²) in [6.45, 7) is 12.2. The number of carbonyl (C=O) groups is 3. The maximum absolute atomic E-state index is 13.9. The Balaban J connectivity index is 1.11. The fourth-order valence-corrected chi connectivity index (χ4v) is 7.72. The third kappa shape index (κ3) is 14.2. The zero-order chi connectivity index (χ0) is 41.6. The Labute approximate surface area is 339 Å². The molecule has 1 aromatic heterocycles. The smallest absolute Gasteiger partial charge is 0.297 e. The zero-order valence-electron chi connectivity index (χ0n) is 33.5. The number of aromatic nitrogens is 1. The highest BCUT2D eigenvalue weighted by atomic mass is 32.2. The molecular weight excluding hydrogens is 777 g/mol. The monoisotopic (exact) mass is 832 g/mol. The van der Waals surface area contributed by atoms with E-state index in [1.807, 2.05) is 65.8 Å².